The molecule has 0 spiro atoms. The van der Waals surface area contributed by atoms with Crippen molar-refractivity contribution >= 4 is 40.1 Å². The normalized spacial score (nSPS) is 11.4. The summed E-state index contributed by atoms with van der Waals surface area (Å²) in [5.74, 6) is -0.800. The highest BCUT2D eigenvalue weighted by atomic mass is 32.2. The van der Waals surface area contributed by atoms with Gasteiger partial charge in [-0.2, -0.15) is 5.26 Å². The number of nitrogens with zero attached hydrogens (tertiary/aromatic N) is 1. The van der Waals surface area contributed by atoms with Gasteiger partial charge in [0, 0.05) is 10.6 Å². The number of nitriles is 1. The van der Waals surface area contributed by atoms with Crippen LogP contribution in [0.25, 0.3) is 10.8 Å². The van der Waals surface area contributed by atoms with Crippen molar-refractivity contribution in [2.45, 2.75) is 17.9 Å². The molecular formula is C22H18N2O3S. The molecule has 0 bridgehead atoms. The highest BCUT2D eigenvalue weighted by Gasteiger charge is 2.18. The molecule has 140 valence electrons. The van der Waals surface area contributed by atoms with E-state index in [1.165, 1.54) is 18.7 Å². The van der Waals surface area contributed by atoms with Gasteiger partial charge in [-0.25, -0.2) is 0 Å². The maximum absolute atomic E-state index is 12.2. The minimum Gasteiger partial charge on any atom is -0.452 e. The number of esters is 1. The van der Waals surface area contributed by atoms with Gasteiger partial charge in [-0.15, -0.1) is 11.8 Å². The van der Waals surface area contributed by atoms with E-state index in [1.807, 2.05) is 48.5 Å². The summed E-state index contributed by atoms with van der Waals surface area (Å²) in [5, 5.41) is 13.8. The van der Waals surface area contributed by atoms with Gasteiger partial charge < -0.3 is 10.1 Å². The Bertz CT molecular complexity index is 1060. The number of rotatable bonds is 6. The van der Waals surface area contributed by atoms with E-state index < -0.39 is 18.0 Å². The Morgan fingerprint density at radius 1 is 1.07 bits per heavy atom. The molecule has 3 aromatic carbocycles. The van der Waals surface area contributed by atoms with Crippen LogP contribution in [0.3, 0.4) is 0 Å². The minimum atomic E-state index is -0.935. The number of fused-ring (bicyclic) bond motifs is 1. The van der Waals surface area contributed by atoms with Crippen molar-refractivity contribution in [3.63, 3.8) is 0 Å². The molecule has 0 aliphatic heterocycles. The third-order valence-electron chi connectivity index (χ3n) is 4.01. The summed E-state index contributed by atoms with van der Waals surface area (Å²) in [6.45, 7) is 1.52. The SMILES string of the molecule is CC(OC(=O)CSc1ccc2ccccc2c1)C(=O)Nc1cccc(C#N)c1. The third-order valence-corrected chi connectivity index (χ3v) is 4.98. The van der Waals surface area contributed by atoms with Crippen LogP contribution >= 0.6 is 11.8 Å². The van der Waals surface area contributed by atoms with E-state index in [-0.39, 0.29) is 5.75 Å². The molecule has 3 aromatic rings. The molecule has 0 aliphatic carbocycles. The number of benzene rings is 3. The smallest absolute Gasteiger partial charge is 0.317 e. The average Bonchev–Trinajstić information content (AvgIpc) is 2.72. The third kappa shape index (κ3) is 5.12. The molecule has 1 N–H and O–H groups in total. The molecule has 0 heterocycles. The van der Waals surface area contributed by atoms with Crippen molar-refractivity contribution in [3.05, 3.63) is 72.3 Å². The van der Waals surface area contributed by atoms with E-state index >= 15 is 0 Å². The molecule has 1 unspecified atom stereocenters. The molecule has 0 saturated heterocycles. The number of nitrogens with one attached hydrogen (secondary N) is 1. The standard InChI is InChI=1S/C22H18N2O3S/c1-15(22(26)24-19-8-4-5-16(11-19)13-23)27-21(25)14-28-20-10-9-17-6-2-3-7-18(17)12-20/h2-12,15H,14H2,1H3,(H,24,26). The Balaban J connectivity index is 1.51. The predicted molar refractivity (Wildman–Crippen MR) is 110 cm³/mol. The fraction of sp³-hybridized carbons (Fsp3) is 0.136. The molecule has 3 rings (SSSR count). The van der Waals surface area contributed by atoms with E-state index in [4.69, 9.17) is 10.00 Å². The molecule has 0 fully saturated rings. The number of hydrogen-bond acceptors (Lipinski definition) is 5. The van der Waals surface area contributed by atoms with Gasteiger partial charge in [-0.3, -0.25) is 9.59 Å². The van der Waals surface area contributed by atoms with Gasteiger partial charge in [-0.05, 0) is 48.0 Å². The number of carbonyl (C=O) groups is 2. The molecule has 0 saturated carbocycles. The summed E-state index contributed by atoms with van der Waals surface area (Å²) in [6.07, 6.45) is -0.935. The first-order valence-electron chi connectivity index (χ1n) is 8.67. The van der Waals surface area contributed by atoms with Crippen LogP contribution < -0.4 is 5.32 Å². The maximum Gasteiger partial charge on any atom is 0.317 e. The van der Waals surface area contributed by atoms with E-state index in [0.29, 0.717) is 11.3 Å². The van der Waals surface area contributed by atoms with Gasteiger partial charge in [-0.1, -0.05) is 36.4 Å². The summed E-state index contributed by atoms with van der Waals surface area (Å²) < 4.78 is 5.21. The monoisotopic (exact) mass is 390 g/mol. The number of amides is 1. The van der Waals surface area contributed by atoms with E-state index in [1.54, 1.807) is 24.3 Å². The molecule has 1 amide bonds. The van der Waals surface area contributed by atoms with Crippen LogP contribution in [0.5, 0.6) is 0 Å². The maximum atomic E-state index is 12.2. The van der Waals surface area contributed by atoms with Crippen LogP contribution in [-0.2, 0) is 14.3 Å². The van der Waals surface area contributed by atoms with Crippen molar-refractivity contribution in [2.24, 2.45) is 0 Å². The summed E-state index contributed by atoms with van der Waals surface area (Å²) in [4.78, 5) is 25.2. The zero-order chi connectivity index (χ0) is 19.9. The van der Waals surface area contributed by atoms with Crippen molar-refractivity contribution in [2.75, 3.05) is 11.1 Å². The molecule has 0 radical (unpaired) electrons. The first kappa shape index (κ1) is 19.5. The molecule has 6 heteroatoms. The molecule has 28 heavy (non-hydrogen) atoms. The van der Waals surface area contributed by atoms with E-state index in [2.05, 4.69) is 5.32 Å². The van der Waals surface area contributed by atoms with Gasteiger partial charge in [0.15, 0.2) is 6.10 Å². The molecule has 1 atom stereocenters. The second kappa shape index (κ2) is 9.07. The summed E-state index contributed by atoms with van der Waals surface area (Å²) in [7, 11) is 0. The Kier molecular flexibility index (Phi) is 6.30. The van der Waals surface area contributed by atoms with E-state index in [0.717, 1.165) is 15.7 Å². The van der Waals surface area contributed by atoms with E-state index in [9.17, 15) is 9.59 Å². The summed E-state index contributed by atoms with van der Waals surface area (Å²) in [6, 6.07) is 22.5. The van der Waals surface area contributed by atoms with Crippen molar-refractivity contribution in [3.8, 4) is 6.07 Å². The number of carbonyl (C=O) groups excluding carboxylic acids is 2. The molecular weight excluding hydrogens is 372 g/mol. The van der Waals surface area contributed by atoms with Crippen molar-refractivity contribution in [1.29, 1.82) is 5.26 Å². The van der Waals surface area contributed by atoms with Gasteiger partial charge >= 0.3 is 5.97 Å². The molecule has 0 aliphatic rings. The lowest BCUT2D eigenvalue weighted by atomic mass is 10.1. The summed E-state index contributed by atoms with van der Waals surface area (Å²) in [5.41, 5.74) is 0.923. The summed E-state index contributed by atoms with van der Waals surface area (Å²) >= 11 is 1.36. The van der Waals surface area contributed by atoms with Gasteiger partial charge in [0.1, 0.15) is 0 Å². The van der Waals surface area contributed by atoms with Crippen LogP contribution in [0.15, 0.2) is 71.6 Å². The fourth-order valence-electron chi connectivity index (χ4n) is 2.59. The second-order valence-corrected chi connectivity index (χ2v) is 7.16. The number of thioether (sulfide) groups is 1. The topological polar surface area (TPSA) is 79.2 Å². The first-order valence-corrected chi connectivity index (χ1v) is 9.66. The number of ether oxygens (including phenoxy) is 1. The van der Waals surface area contributed by atoms with Gasteiger partial charge in [0.2, 0.25) is 0 Å². The fourth-order valence-corrected chi connectivity index (χ4v) is 3.32. The zero-order valence-corrected chi connectivity index (χ0v) is 16.0. The highest BCUT2D eigenvalue weighted by molar-refractivity contribution is 8.00. The average molecular weight is 390 g/mol. The Hall–Kier alpha value is -3.30. The van der Waals surface area contributed by atoms with Crippen LogP contribution in [0.1, 0.15) is 12.5 Å². The highest BCUT2D eigenvalue weighted by Crippen LogP contribution is 2.23. The van der Waals surface area contributed by atoms with Gasteiger partial charge in [0.05, 0.1) is 17.4 Å². The van der Waals surface area contributed by atoms with Crippen LogP contribution in [0.4, 0.5) is 5.69 Å². The number of hydrogen-bond donors (Lipinski definition) is 1. The molecule has 5 nitrogen and oxygen atoms in total. The lowest BCUT2D eigenvalue weighted by Crippen LogP contribution is -2.30. The van der Waals surface area contributed by atoms with Crippen LogP contribution in [0.2, 0.25) is 0 Å². The van der Waals surface area contributed by atoms with Crippen molar-refractivity contribution < 1.29 is 14.3 Å². The van der Waals surface area contributed by atoms with Crippen LogP contribution in [-0.4, -0.2) is 23.7 Å². The predicted octanol–water partition coefficient (Wildman–Crippen LogP) is 4.37. The van der Waals surface area contributed by atoms with Crippen molar-refractivity contribution in [1.82, 2.24) is 0 Å². The Morgan fingerprint density at radius 2 is 1.86 bits per heavy atom. The second-order valence-electron chi connectivity index (χ2n) is 6.11. The largest absolute Gasteiger partial charge is 0.452 e. The first-order chi connectivity index (χ1) is 13.5. The Labute approximate surface area is 167 Å². The zero-order valence-electron chi connectivity index (χ0n) is 15.2. The Morgan fingerprint density at radius 3 is 2.64 bits per heavy atom. The molecule has 0 aromatic heterocycles. The quantitative estimate of drug-likeness (QED) is 0.499. The number of anilines is 1. The van der Waals surface area contributed by atoms with Crippen LogP contribution in [0, 0.1) is 11.3 Å². The van der Waals surface area contributed by atoms with Gasteiger partial charge in [0.25, 0.3) is 5.91 Å². The minimum absolute atomic E-state index is 0.111. The lowest BCUT2D eigenvalue weighted by Gasteiger charge is -2.13. The lowest BCUT2D eigenvalue weighted by molar-refractivity contribution is -0.150.